The molecule has 0 atom stereocenters. The standard InChI is InChI=1S/C4H4N7O3/c12-11(13-3-5-1-7-9-3)14-4-6-2-8-10-4/h1-2H,(H,5,7,9)(H,6,8,10)/q+1. The predicted octanol–water partition coefficient (Wildman–Crippen LogP) is -1.01. The second-order valence-electron chi connectivity index (χ2n) is 1.99. The summed E-state index contributed by atoms with van der Waals surface area (Å²) in [6.45, 7) is 0. The molecule has 10 heteroatoms. The molecule has 2 aromatic rings. The number of aromatic nitrogens is 6. The van der Waals surface area contributed by atoms with E-state index in [9.17, 15) is 4.91 Å². The SMILES string of the molecule is O=[N+](Oc1ncn[nH]1)Oc1ncn[nH]1. The number of aromatic amines is 2. The fraction of sp³-hybridized carbons (Fsp3) is 0. The van der Waals surface area contributed by atoms with Gasteiger partial charge in [0.15, 0.2) is 0 Å². The third kappa shape index (κ3) is 1.80. The molecule has 14 heavy (non-hydrogen) atoms. The van der Waals surface area contributed by atoms with Crippen molar-refractivity contribution in [1.82, 2.24) is 30.4 Å². The van der Waals surface area contributed by atoms with Crippen LogP contribution in [0, 0.1) is 4.91 Å². The molecule has 0 aliphatic carbocycles. The predicted molar refractivity (Wildman–Crippen MR) is 37.6 cm³/mol. The average molecular weight is 198 g/mol. The second-order valence-corrected chi connectivity index (χ2v) is 1.99. The first-order valence-electron chi connectivity index (χ1n) is 3.38. The third-order valence-electron chi connectivity index (χ3n) is 1.11. The molecule has 2 rings (SSSR count). The molecule has 2 aromatic heterocycles. The van der Waals surface area contributed by atoms with Crippen molar-refractivity contribution in [3.8, 4) is 12.0 Å². The van der Waals surface area contributed by atoms with Crippen molar-refractivity contribution in [3.05, 3.63) is 17.6 Å². The molecule has 10 nitrogen and oxygen atoms in total. The monoisotopic (exact) mass is 198 g/mol. The van der Waals surface area contributed by atoms with E-state index in [1.54, 1.807) is 0 Å². The van der Waals surface area contributed by atoms with E-state index in [1.807, 2.05) is 0 Å². The van der Waals surface area contributed by atoms with Gasteiger partial charge in [0, 0.05) is 0 Å². The smallest absolute Gasteiger partial charge is 0.223 e. The van der Waals surface area contributed by atoms with Crippen LogP contribution in [0.5, 0.6) is 12.0 Å². The van der Waals surface area contributed by atoms with Crippen molar-refractivity contribution in [2.45, 2.75) is 0 Å². The molecular weight excluding hydrogens is 194 g/mol. The average Bonchev–Trinajstić information content (AvgIpc) is 2.76. The molecule has 0 saturated carbocycles. The highest BCUT2D eigenvalue weighted by Gasteiger charge is 2.20. The van der Waals surface area contributed by atoms with Crippen LogP contribution in [0.1, 0.15) is 0 Å². The Morgan fingerprint density at radius 3 is 1.93 bits per heavy atom. The first-order valence-corrected chi connectivity index (χ1v) is 3.38. The van der Waals surface area contributed by atoms with Gasteiger partial charge in [0.25, 0.3) is 0 Å². The van der Waals surface area contributed by atoms with Gasteiger partial charge in [0.1, 0.15) is 17.6 Å². The van der Waals surface area contributed by atoms with Gasteiger partial charge in [-0.15, -0.1) is 9.68 Å². The van der Waals surface area contributed by atoms with E-state index in [1.165, 1.54) is 12.7 Å². The van der Waals surface area contributed by atoms with Crippen molar-refractivity contribution in [2.75, 3.05) is 0 Å². The zero-order chi connectivity index (χ0) is 9.80. The lowest BCUT2D eigenvalue weighted by Gasteiger charge is -1.84. The van der Waals surface area contributed by atoms with Gasteiger partial charge in [-0.25, -0.2) is 10.2 Å². The molecule has 72 valence electrons. The van der Waals surface area contributed by atoms with Crippen LogP contribution in [0.4, 0.5) is 0 Å². The summed E-state index contributed by atoms with van der Waals surface area (Å²) in [5.41, 5.74) is 0. The van der Waals surface area contributed by atoms with Gasteiger partial charge in [0.05, 0.1) is 0 Å². The summed E-state index contributed by atoms with van der Waals surface area (Å²) >= 11 is 0. The summed E-state index contributed by atoms with van der Waals surface area (Å²) in [5, 5.41) is 11.3. The molecular formula is C4H4N7O3+. The van der Waals surface area contributed by atoms with Gasteiger partial charge in [-0.05, 0) is 0 Å². The molecule has 0 bridgehead atoms. The van der Waals surface area contributed by atoms with Crippen LogP contribution in [0.15, 0.2) is 12.7 Å². The summed E-state index contributed by atoms with van der Waals surface area (Å²) < 4.78 is 0. The third-order valence-corrected chi connectivity index (χ3v) is 1.11. The van der Waals surface area contributed by atoms with Crippen LogP contribution < -0.4 is 9.68 Å². The Morgan fingerprint density at radius 2 is 1.57 bits per heavy atom. The first-order chi connectivity index (χ1) is 6.84. The number of nitrogens with zero attached hydrogens (tertiary/aromatic N) is 5. The van der Waals surface area contributed by atoms with Crippen LogP contribution in [-0.4, -0.2) is 35.4 Å². The molecule has 0 saturated heterocycles. The maximum atomic E-state index is 10.9. The van der Waals surface area contributed by atoms with E-state index in [0.29, 0.717) is 0 Å². The molecule has 2 heterocycles. The van der Waals surface area contributed by atoms with Crippen molar-refractivity contribution in [1.29, 1.82) is 0 Å². The molecule has 0 radical (unpaired) electrons. The molecule has 2 N–H and O–H groups in total. The zero-order valence-corrected chi connectivity index (χ0v) is 6.62. The number of H-pyrrole nitrogens is 2. The highest BCUT2D eigenvalue weighted by molar-refractivity contribution is 4.83. The van der Waals surface area contributed by atoms with Crippen LogP contribution in [0.25, 0.3) is 0 Å². The topological polar surface area (TPSA) is 122 Å². The molecule has 0 aliphatic heterocycles. The fourth-order valence-corrected chi connectivity index (χ4v) is 0.636. The molecule has 0 aliphatic rings. The minimum atomic E-state index is -0.193. The minimum absolute atomic E-state index is 0.0977. The van der Waals surface area contributed by atoms with Gasteiger partial charge in [-0.2, -0.15) is 20.2 Å². The second kappa shape index (κ2) is 3.47. The summed E-state index contributed by atoms with van der Waals surface area (Å²) in [6.07, 6.45) is 2.36. The van der Waals surface area contributed by atoms with Gasteiger partial charge < -0.3 is 0 Å². The highest BCUT2D eigenvalue weighted by atomic mass is 17.0. The van der Waals surface area contributed by atoms with Gasteiger partial charge in [0.2, 0.25) is 0 Å². The molecule has 0 unspecified atom stereocenters. The van der Waals surface area contributed by atoms with Gasteiger partial charge >= 0.3 is 17.1 Å². The Balaban J connectivity index is 1.91. The highest BCUT2D eigenvalue weighted by Crippen LogP contribution is 2.00. The van der Waals surface area contributed by atoms with Crippen molar-refractivity contribution in [2.24, 2.45) is 0 Å². The number of hydrogen-bond donors (Lipinski definition) is 2. The Hall–Kier alpha value is -2.52. The summed E-state index contributed by atoms with van der Waals surface area (Å²) in [6, 6.07) is -0.195. The Morgan fingerprint density at radius 1 is 1.07 bits per heavy atom. The van der Waals surface area contributed by atoms with Crippen molar-refractivity contribution < 1.29 is 14.8 Å². The van der Waals surface area contributed by atoms with E-state index in [0.717, 1.165) is 0 Å². The summed E-state index contributed by atoms with van der Waals surface area (Å²) in [4.78, 5) is 26.9. The number of hydrogen-bond acceptors (Lipinski definition) is 7. The first kappa shape index (κ1) is 8.10. The Kier molecular flexibility index (Phi) is 2.01. The van der Waals surface area contributed by atoms with Crippen molar-refractivity contribution in [3.63, 3.8) is 0 Å². The normalized spacial score (nSPS) is 9.71. The maximum Gasteiger partial charge on any atom is 0.495 e. The van der Waals surface area contributed by atoms with E-state index in [-0.39, 0.29) is 17.1 Å². The van der Waals surface area contributed by atoms with Crippen molar-refractivity contribution >= 4 is 0 Å². The largest absolute Gasteiger partial charge is 0.495 e. The number of rotatable bonds is 4. The lowest BCUT2D eigenvalue weighted by atomic mass is 11.2. The maximum absolute atomic E-state index is 10.9. The lowest BCUT2D eigenvalue weighted by Crippen LogP contribution is -2.18. The van der Waals surface area contributed by atoms with E-state index in [2.05, 4.69) is 40.0 Å². The molecule has 0 spiro atoms. The Labute approximate surface area is 75.8 Å². The molecule has 0 fully saturated rings. The number of nitrogens with one attached hydrogen (secondary N) is 2. The van der Waals surface area contributed by atoms with Crippen LogP contribution in [0.2, 0.25) is 0 Å². The summed E-state index contributed by atoms with van der Waals surface area (Å²) in [7, 11) is 0. The lowest BCUT2D eigenvalue weighted by molar-refractivity contribution is -0.923. The van der Waals surface area contributed by atoms with Crippen LogP contribution in [0.3, 0.4) is 0 Å². The van der Waals surface area contributed by atoms with E-state index < -0.39 is 0 Å². The fourth-order valence-electron chi connectivity index (χ4n) is 0.636. The summed E-state index contributed by atoms with van der Waals surface area (Å²) in [5.74, 6) is 0. The van der Waals surface area contributed by atoms with Gasteiger partial charge in [-0.1, -0.05) is 0 Å². The Bertz CT molecular complexity index is 356. The van der Waals surface area contributed by atoms with E-state index >= 15 is 0 Å². The zero-order valence-electron chi connectivity index (χ0n) is 6.62. The van der Waals surface area contributed by atoms with E-state index in [4.69, 9.17) is 0 Å². The van der Waals surface area contributed by atoms with Gasteiger partial charge in [-0.3, -0.25) is 0 Å². The molecule has 0 amide bonds. The minimum Gasteiger partial charge on any atom is -0.223 e. The molecule has 0 aromatic carbocycles. The van der Waals surface area contributed by atoms with Crippen LogP contribution in [-0.2, 0) is 0 Å². The van der Waals surface area contributed by atoms with Crippen LogP contribution >= 0.6 is 0 Å². The quantitative estimate of drug-likeness (QED) is 0.603.